The van der Waals surface area contributed by atoms with E-state index >= 15 is 0 Å². The van der Waals surface area contributed by atoms with E-state index in [1.54, 1.807) is 11.0 Å². The highest BCUT2D eigenvalue weighted by molar-refractivity contribution is 7.85. The van der Waals surface area contributed by atoms with Crippen molar-refractivity contribution in [3.05, 3.63) is 29.3 Å². The van der Waals surface area contributed by atoms with Crippen LogP contribution >= 0.6 is 12.2 Å². The van der Waals surface area contributed by atoms with Crippen LogP contribution in [0.1, 0.15) is 11.1 Å². The molecule has 1 fully saturated rings. The Balaban J connectivity index is 2.37. The van der Waals surface area contributed by atoms with Gasteiger partial charge in [-0.15, -0.1) is 0 Å². The molecule has 0 saturated carbocycles. The van der Waals surface area contributed by atoms with Crippen LogP contribution in [0.3, 0.4) is 0 Å². The number of benzene rings is 1. The Kier molecular flexibility index (Phi) is 4.33. The fourth-order valence-corrected chi connectivity index (χ4v) is 3.30. The lowest BCUT2D eigenvalue weighted by atomic mass is 10.1. The summed E-state index contributed by atoms with van der Waals surface area (Å²) in [7, 11) is -0.873. The number of alkyl halides is 3. The Morgan fingerprint density at radius 3 is 2.40 bits per heavy atom. The third-order valence-electron chi connectivity index (χ3n) is 3.12. The average Bonchev–Trinajstić information content (AvgIpc) is 2.38. The molecule has 0 amide bonds. The normalized spacial score (nSPS) is 17.2. The Labute approximate surface area is 122 Å². The third kappa shape index (κ3) is 3.29. The summed E-state index contributed by atoms with van der Waals surface area (Å²) in [6.45, 7) is 0.965. The fourth-order valence-electron chi connectivity index (χ4n) is 2.07. The van der Waals surface area contributed by atoms with Crippen LogP contribution in [0.5, 0.6) is 0 Å². The van der Waals surface area contributed by atoms with Gasteiger partial charge in [0.25, 0.3) is 0 Å². The molecule has 1 heterocycles. The molecule has 0 aromatic heterocycles. The molecular weight excluding hydrogens is 309 g/mol. The van der Waals surface area contributed by atoms with Crippen LogP contribution in [-0.4, -0.2) is 33.8 Å². The summed E-state index contributed by atoms with van der Waals surface area (Å²) < 4.78 is 50.4. The van der Waals surface area contributed by atoms with Gasteiger partial charge in [0.15, 0.2) is 0 Å². The van der Waals surface area contributed by atoms with Crippen molar-refractivity contribution in [2.75, 3.05) is 29.5 Å². The maximum atomic E-state index is 13.0. The van der Waals surface area contributed by atoms with Gasteiger partial charge in [-0.1, -0.05) is 12.2 Å². The molecule has 110 valence electrons. The molecule has 20 heavy (non-hydrogen) atoms. The van der Waals surface area contributed by atoms with Gasteiger partial charge in [-0.25, -0.2) is 0 Å². The first-order valence-corrected chi connectivity index (χ1v) is 7.79. The van der Waals surface area contributed by atoms with E-state index in [1.807, 2.05) is 0 Å². The Morgan fingerprint density at radius 2 is 1.90 bits per heavy atom. The van der Waals surface area contributed by atoms with Gasteiger partial charge in [-0.05, 0) is 18.2 Å². The van der Waals surface area contributed by atoms with Crippen LogP contribution in [0.4, 0.5) is 18.9 Å². The van der Waals surface area contributed by atoms with Crippen molar-refractivity contribution in [3.8, 4) is 0 Å². The molecule has 1 aliphatic rings. The molecule has 2 rings (SSSR count). The van der Waals surface area contributed by atoms with Gasteiger partial charge in [-0.2, -0.15) is 13.2 Å². The standard InChI is InChI=1S/C12H13F3N2OS2/c13-12(14,15)10-7-8(1-2-9(10)11(16)19)17-3-5-20(18)6-4-17/h1-2,7H,3-6H2,(H2,16,19). The zero-order valence-corrected chi connectivity index (χ0v) is 12.1. The maximum absolute atomic E-state index is 13.0. The van der Waals surface area contributed by atoms with E-state index in [2.05, 4.69) is 12.2 Å². The van der Waals surface area contributed by atoms with E-state index in [9.17, 15) is 17.4 Å². The van der Waals surface area contributed by atoms with Crippen LogP contribution in [0.15, 0.2) is 18.2 Å². The van der Waals surface area contributed by atoms with E-state index in [4.69, 9.17) is 5.73 Å². The minimum absolute atomic E-state index is 0.170. The van der Waals surface area contributed by atoms with Crippen LogP contribution in [0.2, 0.25) is 0 Å². The Hall–Kier alpha value is -1.15. The third-order valence-corrected chi connectivity index (χ3v) is 4.61. The molecule has 8 heteroatoms. The fraction of sp³-hybridized carbons (Fsp3) is 0.417. The van der Waals surface area contributed by atoms with Crippen LogP contribution in [-0.2, 0) is 17.0 Å². The largest absolute Gasteiger partial charge is 0.417 e. The average molecular weight is 322 g/mol. The minimum atomic E-state index is -4.51. The molecule has 1 aromatic rings. The topological polar surface area (TPSA) is 46.3 Å². The summed E-state index contributed by atoms with van der Waals surface area (Å²) in [5.41, 5.74) is 4.79. The van der Waals surface area contributed by atoms with Crippen molar-refractivity contribution < 1.29 is 17.4 Å². The minimum Gasteiger partial charge on any atom is -0.389 e. The second kappa shape index (κ2) is 5.69. The lowest BCUT2D eigenvalue weighted by Gasteiger charge is -2.29. The SMILES string of the molecule is NC(=S)c1ccc(N2CCS(=O)CC2)cc1C(F)(F)F. The Bertz CT molecular complexity index is 550. The van der Waals surface area contributed by atoms with Crippen molar-refractivity contribution in [2.45, 2.75) is 6.18 Å². The maximum Gasteiger partial charge on any atom is 0.417 e. The lowest BCUT2D eigenvalue weighted by molar-refractivity contribution is -0.137. The van der Waals surface area contributed by atoms with E-state index in [-0.39, 0.29) is 10.6 Å². The molecule has 0 unspecified atom stereocenters. The monoisotopic (exact) mass is 322 g/mol. The van der Waals surface area contributed by atoms with Gasteiger partial charge >= 0.3 is 6.18 Å². The highest BCUT2D eigenvalue weighted by atomic mass is 32.2. The molecule has 2 N–H and O–H groups in total. The van der Waals surface area contributed by atoms with Crippen LogP contribution in [0.25, 0.3) is 0 Å². The molecule has 3 nitrogen and oxygen atoms in total. The van der Waals surface area contributed by atoms with E-state index < -0.39 is 22.5 Å². The first-order chi connectivity index (χ1) is 9.29. The lowest BCUT2D eigenvalue weighted by Crippen LogP contribution is -2.37. The summed E-state index contributed by atoms with van der Waals surface area (Å²) in [4.78, 5) is 1.52. The van der Waals surface area contributed by atoms with Gasteiger partial charge in [0.2, 0.25) is 0 Å². The summed E-state index contributed by atoms with van der Waals surface area (Å²) in [6, 6.07) is 3.92. The van der Waals surface area contributed by atoms with Gasteiger partial charge in [0.1, 0.15) is 4.99 Å². The van der Waals surface area contributed by atoms with Gasteiger partial charge < -0.3 is 10.6 Å². The van der Waals surface area contributed by atoms with Crippen molar-refractivity contribution in [1.82, 2.24) is 0 Å². The zero-order valence-electron chi connectivity index (χ0n) is 10.4. The van der Waals surface area contributed by atoms with Gasteiger partial charge in [0, 0.05) is 46.6 Å². The number of nitrogens with zero attached hydrogens (tertiary/aromatic N) is 1. The number of nitrogens with two attached hydrogens (primary N) is 1. The predicted molar refractivity (Wildman–Crippen MR) is 77.4 cm³/mol. The molecule has 0 bridgehead atoms. The molecule has 0 spiro atoms. The van der Waals surface area contributed by atoms with Crippen LogP contribution in [0, 0.1) is 0 Å². The highest BCUT2D eigenvalue weighted by Gasteiger charge is 2.34. The molecule has 0 atom stereocenters. The first-order valence-electron chi connectivity index (χ1n) is 5.90. The number of hydrogen-bond donors (Lipinski definition) is 1. The second-order valence-electron chi connectivity index (χ2n) is 4.43. The number of hydrogen-bond acceptors (Lipinski definition) is 3. The van der Waals surface area contributed by atoms with Crippen LogP contribution < -0.4 is 10.6 Å². The van der Waals surface area contributed by atoms with Crippen molar-refractivity contribution in [2.24, 2.45) is 5.73 Å². The molecule has 0 aliphatic carbocycles. The Morgan fingerprint density at radius 1 is 1.30 bits per heavy atom. The van der Waals surface area contributed by atoms with Gasteiger partial charge in [-0.3, -0.25) is 4.21 Å². The number of halogens is 3. The van der Waals surface area contributed by atoms with Crippen molar-refractivity contribution >= 4 is 33.7 Å². The first kappa shape index (κ1) is 15.2. The van der Waals surface area contributed by atoms with E-state index in [0.717, 1.165) is 6.07 Å². The molecular formula is C12H13F3N2OS2. The smallest absolute Gasteiger partial charge is 0.389 e. The van der Waals surface area contributed by atoms with E-state index in [1.165, 1.54) is 6.07 Å². The number of rotatable bonds is 2. The summed E-state index contributed by atoms with van der Waals surface area (Å²) in [5, 5.41) is 0. The van der Waals surface area contributed by atoms with Gasteiger partial charge in [0.05, 0.1) is 5.56 Å². The molecule has 1 aromatic carbocycles. The summed E-state index contributed by atoms with van der Waals surface area (Å²) in [5.74, 6) is 0.941. The second-order valence-corrected chi connectivity index (χ2v) is 6.56. The van der Waals surface area contributed by atoms with Crippen molar-refractivity contribution in [3.63, 3.8) is 0 Å². The summed E-state index contributed by atoms with van der Waals surface area (Å²) >= 11 is 4.66. The zero-order chi connectivity index (χ0) is 14.9. The molecule has 1 aliphatic heterocycles. The summed E-state index contributed by atoms with van der Waals surface area (Å²) in [6.07, 6.45) is -4.51. The molecule has 0 radical (unpaired) electrons. The number of thiocarbonyl (C=S) groups is 1. The number of anilines is 1. The quantitative estimate of drug-likeness (QED) is 0.845. The predicted octanol–water partition coefficient (Wildman–Crippen LogP) is 1.91. The van der Waals surface area contributed by atoms with E-state index in [0.29, 0.717) is 30.3 Å². The molecule has 1 saturated heterocycles. The van der Waals surface area contributed by atoms with Crippen molar-refractivity contribution in [1.29, 1.82) is 0 Å². The highest BCUT2D eigenvalue weighted by Crippen LogP contribution is 2.34.